The smallest absolute Gasteiger partial charge is 0.134 e. The van der Waals surface area contributed by atoms with Crippen molar-refractivity contribution < 1.29 is 4.74 Å². The second-order valence-corrected chi connectivity index (χ2v) is 4.71. The van der Waals surface area contributed by atoms with Crippen LogP contribution in [0.2, 0.25) is 0 Å². The van der Waals surface area contributed by atoms with Gasteiger partial charge >= 0.3 is 0 Å². The summed E-state index contributed by atoms with van der Waals surface area (Å²) in [5, 5.41) is 11.1. The molecule has 1 unspecified atom stereocenters. The molecule has 0 amide bonds. The van der Waals surface area contributed by atoms with Gasteiger partial charge in [-0.25, -0.2) is 0 Å². The molecule has 19 heavy (non-hydrogen) atoms. The first kappa shape index (κ1) is 13.5. The maximum absolute atomic E-state index is 5.77. The predicted molar refractivity (Wildman–Crippen MR) is 74.0 cm³/mol. The molecule has 1 heterocycles. The quantitative estimate of drug-likeness (QED) is 0.893. The van der Waals surface area contributed by atoms with Gasteiger partial charge in [0.25, 0.3) is 0 Å². The van der Waals surface area contributed by atoms with Gasteiger partial charge in [-0.2, -0.15) is 0 Å². The summed E-state index contributed by atoms with van der Waals surface area (Å²) in [5.74, 6) is 0.887. The standard InChI is InChI=1S/C14H20N4O/c1-10-7-12(11(2)15-3)5-6-14(10)19-9-13-8-18(4)17-16-13/h5-8,11,15H,9H2,1-4H3. The molecule has 1 atom stereocenters. The Balaban J connectivity index is 2.05. The number of aryl methyl sites for hydroxylation is 2. The number of rotatable bonds is 5. The number of nitrogens with one attached hydrogen (secondary N) is 1. The number of nitrogens with zero attached hydrogens (tertiary/aromatic N) is 3. The lowest BCUT2D eigenvalue weighted by molar-refractivity contribution is 0.299. The first-order valence-corrected chi connectivity index (χ1v) is 6.36. The summed E-state index contributed by atoms with van der Waals surface area (Å²) < 4.78 is 7.44. The molecule has 0 aliphatic carbocycles. The molecular formula is C14H20N4O. The lowest BCUT2D eigenvalue weighted by atomic mass is 10.1. The van der Waals surface area contributed by atoms with Crippen LogP contribution in [0.25, 0.3) is 0 Å². The van der Waals surface area contributed by atoms with E-state index in [0.29, 0.717) is 12.6 Å². The Kier molecular flexibility index (Phi) is 4.16. The van der Waals surface area contributed by atoms with Gasteiger partial charge in [0.1, 0.15) is 18.1 Å². The van der Waals surface area contributed by atoms with E-state index in [9.17, 15) is 0 Å². The zero-order valence-electron chi connectivity index (χ0n) is 11.8. The van der Waals surface area contributed by atoms with Crippen molar-refractivity contribution in [1.82, 2.24) is 20.3 Å². The van der Waals surface area contributed by atoms with Crippen molar-refractivity contribution in [3.63, 3.8) is 0 Å². The average molecular weight is 260 g/mol. The molecule has 5 nitrogen and oxygen atoms in total. The van der Waals surface area contributed by atoms with Gasteiger partial charge in [0, 0.05) is 13.1 Å². The molecule has 1 aromatic heterocycles. The van der Waals surface area contributed by atoms with Gasteiger partial charge < -0.3 is 10.1 Å². The molecule has 2 aromatic rings. The van der Waals surface area contributed by atoms with Crippen LogP contribution in [0.1, 0.15) is 29.8 Å². The maximum atomic E-state index is 5.77. The summed E-state index contributed by atoms with van der Waals surface area (Å²) in [6.07, 6.45) is 1.85. The molecule has 1 N–H and O–H groups in total. The van der Waals surface area contributed by atoms with Gasteiger partial charge in [0.2, 0.25) is 0 Å². The van der Waals surface area contributed by atoms with E-state index in [1.807, 2.05) is 26.4 Å². The first-order valence-electron chi connectivity index (χ1n) is 6.36. The lowest BCUT2D eigenvalue weighted by Crippen LogP contribution is -2.12. The molecule has 0 bridgehead atoms. The van der Waals surface area contributed by atoms with Crippen molar-refractivity contribution in [3.05, 3.63) is 41.2 Å². The fourth-order valence-corrected chi connectivity index (χ4v) is 1.88. The van der Waals surface area contributed by atoms with Crippen molar-refractivity contribution in [2.24, 2.45) is 7.05 Å². The van der Waals surface area contributed by atoms with E-state index in [4.69, 9.17) is 4.74 Å². The number of hydrogen-bond donors (Lipinski definition) is 1. The molecule has 2 rings (SSSR count). The molecule has 0 aliphatic heterocycles. The SMILES string of the molecule is CNC(C)c1ccc(OCc2cn(C)nn2)c(C)c1. The maximum Gasteiger partial charge on any atom is 0.134 e. The van der Waals surface area contributed by atoms with Crippen molar-refractivity contribution in [2.45, 2.75) is 26.5 Å². The van der Waals surface area contributed by atoms with E-state index in [2.05, 4.69) is 41.6 Å². The first-order chi connectivity index (χ1) is 9.10. The molecule has 5 heteroatoms. The third-order valence-corrected chi connectivity index (χ3v) is 3.16. The normalized spacial score (nSPS) is 12.4. The molecule has 0 fully saturated rings. The van der Waals surface area contributed by atoms with E-state index in [1.165, 1.54) is 5.56 Å². The van der Waals surface area contributed by atoms with Crippen LogP contribution < -0.4 is 10.1 Å². The van der Waals surface area contributed by atoms with Gasteiger partial charge in [0.05, 0.1) is 6.20 Å². The van der Waals surface area contributed by atoms with Gasteiger partial charge in [-0.05, 0) is 38.1 Å². The minimum atomic E-state index is 0.341. The Morgan fingerprint density at radius 3 is 2.79 bits per heavy atom. The van der Waals surface area contributed by atoms with Crippen LogP contribution in [0.15, 0.2) is 24.4 Å². The van der Waals surface area contributed by atoms with E-state index >= 15 is 0 Å². The van der Waals surface area contributed by atoms with Crippen molar-refractivity contribution in [2.75, 3.05) is 7.05 Å². The van der Waals surface area contributed by atoms with Crippen LogP contribution >= 0.6 is 0 Å². The molecule has 102 valence electrons. The molecule has 1 aromatic carbocycles. The summed E-state index contributed by atoms with van der Waals surface area (Å²) in [6.45, 7) is 4.63. The van der Waals surface area contributed by atoms with Crippen LogP contribution in [-0.2, 0) is 13.7 Å². The fraction of sp³-hybridized carbons (Fsp3) is 0.429. The molecule has 0 spiro atoms. The van der Waals surface area contributed by atoms with Gasteiger partial charge in [0.15, 0.2) is 0 Å². The largest absolute Gasteiger partial charge is 0.487 e. The van der Waals surface area contributed by atoms with Crippen LogP contribution in [0.5, 0.6) is 5.75 Å². The van der Waals surface area contributed by atoms with E-state index in [-0.39, 0.29) is 0 Å². The summed E-state index contributed by atoms with van der Waals surface area (Å²) in [5.41, 5.74) is 3.21. The van der Waals surface area contributed by atoms with Crippen LogP contribution in [0, 0.1) is 6.92 Å². The number of hydrogen-bond acceptors (Lipinski definition) is 4. The van der Waals surface area contributed by atoms with Crippen molar-refractivity contribution >= 4 is 0 Å². The average Bonchev–Trinajstić information content (AvgIpc) is 2.82. The van der Waals surface area contributed by atoms with E-state index < -0.39 is 0 Å². The summed E-state index contributed by atoms with van der Waals surface area (Å²) in [6, 6.07) is 6.58. The summed E-state index contributed by atoms with van der Waals surface area (Å²) in [7, 11) is 3.80. The number of aromatic nitrogens is 3. The van der Waals surface area contributed by atoms with Gasteiger partial charge in [-0.15, -0.1) is 5.10 Å². The second kappa shape index (κ2) is 5.84. The zero-order chi connectivity index (χ0) is 13.8. The van der Waals surface area contributed by atoms with Gasteiger partial charge in [-0.3, -0.25) is 4.68 Å². The highest BCUT2D eigenvalue weighted by Crippen LogP contribution is 2.23. The van der Waals surface area contributed by atoms with E-state index in [0.717, 1.165) is 17.0 Å². The van der Waals surface area contributed by atoms with Crippen molar-refractivity contribution in [3.8, 4) is 5.75 Å². The highest BCUT2D eigenvalue weighted by molar-refractivity contribution is 5.37. The van der Waals surface area contributed by atoms with Crippen LogP contribution in [0.3, 0.4) is 0 Å². The Labute approximate surface area is 113 Å². The molecule has 0 saturated carbocycles. The monoisotopic (exact) mass is 260 g/mol. The highest BCUT2D eigenvalue weighted by atomic mass is 16.5. The number of benzene rings is 1. The Hall–Kier alpha value is -1.88. The second-order valence-electron chi connectivity index (χ2n) is 4.71. The fourth-order valence-electron chi connectivity index (χ4n) is 1.88. The Morgan fingerprint density at radius 1 is 1.42 bits per heavy atom. The Bertz CT molecular complexity index is 550. The molecular weight excluding hydrogens is 240 g/mol. The highest BCUT2D eigenvalue weighted by Gasteiger charge is 2.07. The Morgan fingerprint density at radius 2 is 2.21 bits per heavy atom. The zero-order valence-corrected chi connectivity index (χ0v) is 11.8. The van der Waals surface area contributed by atoms with Gasteiger partial charge in [-0.1, -0.05) is 17.3 Å². The minimum absolute atomic E-state index is 0.341. The summed E-state index contributed by atoms with van der Waals surface area (Å²) >= 11 is 0. The molecule has 0 radical (unpaired) electrons. The third kappa shape index (κ3) is 3.32. The van der Waals surface area contributed by atoms with Crippen LogP contribution in [-0.4, -0.2) is 22.0 Å². The third-order valence-electron chi connectivity index (χ3n) is 3.16. The lowest BCUT2D eigenvalue weighted by Gasteiger charge is -2.14. The van der Waals surface area contributed by atoms with E-state index in [1.54, 1.807) is 4.68 Å². The predicted octanol–water partition coefficient (Wildman–Crippen LogP) is 1.98. The number of ether oxygens (including phenoxy) is 1. The minimum Gasteiger partial charge on any atom is -0.487 e. The topological polar surface area (TPSA) is 52.0 Å². The molecule has 0 saturated heterocycles. The summed E-state index contributed by atoms with van der Waals surface area (Å²) in [4.78, 5) is 0. The van der Waals surface area contributed by atoms with Crippen molar-refractivity contribution in [1.29, 1.82) is 0 Å². The molecule has 0 aliphatic rings. The van der Waals surface area contributed by atoms with Crippen LogP contribution in [0.4, 0.5) is 0 Å².